The molecule has 25 heavy (non-hydrogen) atoms. The number of Topliss-reactive ketones (excluding diaryl/α,β-unsaturated/α-hetero) is 1. The number of hydrogen-bond acceptors (Lipinski definition) is 3. The fraction of sp³-hybridized carbons (Fsp3) is 0.211. The molecular formula is C19H19N3O3. The molecule has 1 atom stereocenters. The van der Waals surface area contributed by atoms with E-state index in [0.717, 1.165) is 16.8 Å². The normalized spacial score (nSPS) is 13.6. The Morgan fingerprint density at radius 1 is 1.12 bits per heavy atom. The summed E-state index contributed by atoms with van der Waals surface area (Å²) in [5.41, 5.74) is 3.91. The van der Waals surface area contributed by atoms with Crippen LogP contribution in [0.25, 0.3) is 0 Å². The van der Waals surface area contributed by atoms with Gasteiger partial charge in [0.15, 0.2) is 5.78 Å². The number of hydrogen-bond donors (Lipinski definition) is 3. The van der Waals surface area contributed by atoms with Crippen LogP contribution in [-0.2, 0) is 11.2 Å². The van der Waals surface area contributed by atoms with Crippen molar-refractivity contribution in [1.29, 1.82) is 0 Å². The van der Waals surface area contributed by atoms with Gasteiger partial charge >= 0.3 is 6.03 Å². The molecule has 1 aliphatic heterocycles. The fourth-order valence-corrected chi connectivity index (χ4v) is 2.75. The number of fused-ring (bicyclic) bond motifs is 1. The number of rotatable bonds is 4. The van der Waals surface area contributed by atoms with Crippen molar-refractivity contribution in [2.24, 2.45) is 0 Å². The molecule has 3 rings (SSSR count). The summed E-state index contributed by atoms with van der Waals surface area (Å²) in [6.07, 6.45) is 0.366. The van der Waals surface area contributed by atoms with Crippen molar-refractivity contribution < 1.29 is 14.4 Å². The minimum atomic E-state index is -0.335. The first kappa shape index (κ1) is 16.7. The Balaban J connectivity index is 1.62. The van der Waals surface area contributed by atoms with Gasteiger partial charge in [-0.2, -0.15) is 0 Å². The van der Waals surface area contributed by atoms with Crippen LogP contribution in [0.5, 0.6) is 0 Å². The van der Waals surface area contributed by atoms with E-state index in [2.05, 4.69) is 16.0 Å². The number of amides is 3. The molecule has 2 aromatic rings. The van der Waals surface area contributed by atoms with Crippen molar-refractivity contribution in [1.82, 2.24) is 5.32 Å². The third-order valence-corrected chi connectivity index (χ3v) is 4.15. The standard InChI is InChI=1S/C19H19N3O3/c1-11(14-5-8-17-15(9-14)10-18(24)22-17)20-19(25)21-16-6-3-13(4-7-16)12(2)23/h3-9,11H,10H2,1-2H3,(H,22,24)(H2,20,21,25)/t11-/m1/s1. The summed E-state index contributed by atoms with van der Waals surface area (Å²) in [7, 11) is 0. The zero-order chi connectivity index (χ0) is 18.0. The Morgan fingerprint density at radius 3 is 2.52 bits per heavy atom. The number of ketones is 1. The number of carbonyl (C=O) groups excluding carboxylic acids is 3. The third kappa shape index (κ3) is 3.85. The van der Waals surface area contributed by atoms with Crippen LogP contribution in [0, 0.1) is 0 Å². The van der Waals surface area contributed by atoms with Crippen molar-refractivity contribution in [2.75, 3.05) is 10.6 Å². The van der Waals surface area contributed by atoms with Crippen molar-refractivity contribution in [2.45, 2.75) is 26.3 Å². The van der Waals surface area contributed by atoms with E-state index in [1.807, 2.05) is 25.1 Å². The molecule has 2 aromatic carbocycles. The lowest BCUT2D eigenvalue weighted by atomic mass is 10.0. The second-order valence-corrected chi connectivity index (χ2v) is 6.10. The van der Waals surface area contributed by atoms with Gasteiger partial charge in [0.25, 0.3) is 0 Å². The Labute approximate surface area is 145 Å². The molecule has 6 nitrogen and oxygen atoms in total. The van der Waals surface area contributed by atoms with Gasteiger partial charge in [-0.1, -0.05) is 12.1 Å². The van der Waals surface area contributed by atoms with Gasteiger partial charge in [0, 0.05) is 16.9 Å². The van der Waals surface area contributed by atoms with Gasteiger partial charge in [0.05, 0.1) is 12.5 Å². The van der Waals surface area contributed by atoms with E-state index in [1.165, 1.54) is 6.92 Å². The van der Waals surface area contributed by atoms with E-state index in [4.69, 9.17) is 0 Å². The first-order valence-corrected chi connectivity index (χ1v) is 8.03. The zero-order valence-corrected chi connectivity index (χ0v) is 14.1. The van der Waals surface area contributed by atoms with Gasteiger partial charge in [-0.15, -0.1) is 0 Å². The maximum absolute atomic E-state index is 12.1. The molecular weight excluding hydrogens is 318 g/mol. The van der Waals surface area contributed by atoms with Gasteiger partial charge in [0.2, 0.25) is 5.91 Å². The first-order chi connectivity index (χ1) is 11.9. The lowest BCUT2D eigenvalue weighted by Crippen LogP contribution is -2.31. The Hall–Kier alpha value is -3.15. The molecule has 0 spiro atoms. The second-order valence-electron chi connectivity index (χ2n) is 6.10. The highest BCUT2D eigenvalue weighted by Crippen LogP contribution is 2.26. The third-order valence-electron chi connectivity index (χ3n) is 4.15. The number of anilines is 2. The molecule has 0 saturated carbocycles. The van der Waals surface area contributed by atoms with Crippen LogP contribution in [0.1, 0.15) is 41.4 Å². The number of carbonyl (C=O) groups is 3. The molecule has 0 saturated heterocycles. The largest absolute Gasteiger partial charge is 0.331 e. The van der Waals surface area contributed by atoms with Crippen molar-refractivity contribution in [3.05, 3.63) is 59.2 Å². The second kappa shape index (κ2) is 6.76. The number of nitrogens with one attached hydrogen (secondary N) is 3. The summed E-state index contributed by atoms with van der Waals surface area (Å²) >= 11 is 0. The topological polar surface area (TPSA) is 87.3 Å². The molecule has 1 aliphatic rings. The molecule has 128 valence electrons. The first-order valence-electron chi connectivity index (χ1n) is 8.03. The molecule has 0 fully saturated rings. The minimum absolute atomic E-state index is 0.0143. The highest BCUT2D eigenvalue weighted by molar-refractivity contribution is 5.99. The molecule has 3 N–H and O–H groups in total. The average Bonchev–Trinajstić information content (AvgIpc) is 2.94. The smallest absolute Gasteiger partial charge is 0.319 e. The van der Waals surface area contributed by atoms with E-state index < -0.39 is 0 Å². The van der Waals surface area contributed by atoms with E-state index >= 15 is 0 Å². The SMILES string of the molecule is CC(=O)c1ccc(NC(=O)N[C@H](C)c2ccc3c(c2)CC(=O)N3)cc1. The van der Waals surface area contributed by atoms with Gasteiger partial charge < -0.3 is 16.0 Å². The van der Waals surface area contributed by atoms with Crippen LogP contribution in [-0.4, -0.2) is 17.7 Å². The molecule has 0 radical (unpaired) electrons. The lowest BCUT2D eigenvalue weighted by molar-refractivity contribution is -0.115. The number of benzene rings is 2. The van der Waals surface area contributed by atoms with Crippen LogP contribution < -0.4 is 16.0 Å². The van der Waals surface area contributed by atoms with Crippen LogP contribution in [0.4, 0.5) is 16.2 Å². The molecule has 1 heterocycles. The van der Waals surface area contributed by atoms with Crippen LogP contribution in [0.2, 0.25) is 0 Å². The molecule has 0 bridgehead atoms. The van der Waals surface area contributed by atoms with Crippen LogP contribution in [0.3, 0.4) is 0 Å². The van der Waals surface area contributed by atoms with E-state index in [9.17, 15) is 14.4 Å². The molecule has 0 aliphatic carbocycles. The summed E-state index contributed by atoms with van der Waals surface area (Å²) < 4.78 is 0. The summed E-state index contributed by atoms with van der Waals surface area (Å²) in [5.74, 6) is -0.0336. The highest BCUT2D eigenvalue weighted by atomic mass is 16.2. The summed E-state index contributed by atoms with van der Waals surface area (Å²) in [6.45, 7) is 3.38. The summed E-state index contributed by atoms with van der Waals surface area (Å²) in [5, 5.41) is 8.39. The lowest BCUT2D eigenvalue weighted by Gasteiger charge is -2.16. The summed E-state index contributed by atoms with van der Waals surface area (Å²) in [4.78, 5) is 34.8. The number of urea groups is 1. The maximum Gasteiger partial charge on any atom is 0.319 e. The van der Waals surface area contributed by atoms with Gasteiger partial charge in [-0.25, -0.2) is 4.79 Å². The van der Waals surface area contributed by atoms with E-state index in [1.54, 1.807) is 24.3 Å². The average molecular weight is 337 g/mol. The van der Waals surface area contributed by atoms with Crippen LogP contribution in [0.15, 0.2) is 42.5 Å². The predicted octanol–water partition coefficient (Wildman–Crippen LogP) is 3.27. The zero-order valence-electron chi connectivity index (χ0n) is 14.1. The molecule has 0 unspecified atom stereocenters. The quantitative estimate of drug-likeness (QED) is 0.748. The van der Waals surface area contributed by atoms with Gasteiger partial charge in [0.1, 0.15) is 0 Å². The Bertz CT molecular complexity index is 843. The van der Waals surface area contributed by atoms with Gasteiger partial charge in [-0.05, 0) is 55.3 Å². The Morgan fingerprint density at radius 2 is 1.84 bits per heavy atom. The summed E-state index contributed by atoms with van der Waals surface area (Å²) in [6, 6.07) is 11.8. The maximum atomic E-state index is 12.1. The van der Waals surface area contributed by atoms with E-state index in [0.29, 0.717) is 17.7 Å². The van der Waals surface area contributed by atoms with Crippen molar-refractivity contribution in [3.63, 3.8) is 0 Å². The minimum Gasteiger partial charge on any atom is -0.331 e. The van der Waals surface area contributed by atoms with Crippen LogP contribution >= 0.6 is 0 Å². The van der Waals surface area contributed by atoms with Crippen molar-refractivity contribution in [3.8, 4) is 0 Å². The highest BCUT2D eigenvalue weighted by Gasteiger charge is 2.19. The Kier molecular flexibility index (Phi) is 4.52. The predicted molar refractivity (Wildman–Crippen MR) is 95.8 cm³/mol. The van der Waals surface area contributed by atoms with E-state index in [-0.39, 0.29) is 23.8 Å². The molecule has 3 amide bonds. The van der Waals surface area contributed by atoms with Gasteiger partial charge in [-0.3, -0.25) is 9.59 Å². The fourth-order valence-electron chi connectivity index (χ4n) is 2.75. The van der Waals surface area contributed by atoms with Crippen molar-refractivity contribution >= 4 is 29.1 Å². The monoisotopic (exact) mass is 337 g/mol. The molecule has 0 aromatic heterocycles. The molecule has 6 heteroatoms.